The summed E-state index contributed by atoms with van der Waals surface area (Å²) in [6.07, 6.45) is 9.04. The Balaban J connectivity index is 1.07. The highest BCUT2D eigenvalue weighted by Crippen LogP contribution is 2.48. The molecule has 1 saturated heterocycles. The first kappa shape index (κ1) is 41.4. The van der Waals surface area contributed by atoms with E-state index in [0.29, 0.717) is 48.6 Å². The molecule has 8 rings (SSSR count). The van der Waals surface area contributed by atoms with Gasteiger partial charge in [0.2, 0.25) is 0 Å². The summed E-state index contributed by atoms with van der Waals surface area (Å²) in [5.74, 6) is -2.30. The zero-order chi connectivity index (χ0) is 41.7. The topological polar surface area (TPSA) is 71.5 Å². The number of rotatable bonds is 12. The second-order valence-corrected chi connectivity index (χ2v) is 20.3. The van der Waals surface area contributed by atoms with E-state index in [1.165, 1.54) is 45.3 Å². The lowest BCUT2D eigenvalue weighted by Crippen LogP contribution is -1.94. The molecule has 300 valence electrons. The van der Waals surface area contributed by atoms with Gasteiger partial charge in [-0.3, -0.25) is 0 Å². The quantitative estimate of drug-likeness (QED) is 0.0574. The molecule has 14 heteroatoms. The lowest BCUT2D eigenvalue weighted by atomic mass is 9.99. The van der Waals surface area contributed by atoms with Crippen molar-refractivity contribution in [2.75, 3.05) is 6.54 Å². The van der Waals surface area contributed by atoms with Crippen LogP contribution < -0.4 is 5.32 Å². The van der Waals surface area contributed by atoms with Crippen LogP contribution in [0.3, 0.4) is 0 Å². The average Bonchev–Trinajstić information content (AvgIpc) is 3.82. The normalized spacial score (nSPS) is 15.2. The van der Waals surface area contributed by atoms with Gasteiger partial charge in [-0.25, -0.2) is 17.6 Å². The number of benzene rings is 1. The molecular weight excluding hydrogens is 865 g/mol. The summed E-state index contributed by atoms with van der Waals surface area (Å²) in [6, 6.07) is 13.9. The molecule has 1 unspecified atom stereocenters. The van der Waals surface area contributed by atoms with Gasteiger partial charge in [-0.1, -0.05) is 31.1 Å². The highest BCUT2D eigenvalue weighted by molar-refractivity contribution is 7.27. The van der Waals surface area contributed by atoms with Crippen molar-refractivity contribution in [1.82, 2.24) is 14.1 Å². The molecule has 0 bridgehead atoms. The fourth-order valence-electron chi connectivity index (χ4n) is 6.84. The molecule has 0 aliphatic carbocycles. The number of nitrogens with one attached hydrogen (secondary N) is 1. The summed E-state index contributed by atoms with van der Waals surface area (Å²) in [5, 5.41) is 12.4. The third-order valence-electron chi connectivity index (χ3n) is 10.2. The van der Waals surface area contributed by atoms with E-state index in [2.05, 4.69) is 27.1 Å². The highest BCUT2D eigenvalue weighted by Gasteiger charge is 2.27. The molecule has 1 fully saturated rings. The number of hydrogen-bond acceptors (Lipinski definition) is 10. The Hall–Kier alpha value is -4.33. The standard InChI is InChI=1S/C45H36F4N4S6/c1-7-8-26(44-25(6)38(46)34(57-44)17-21(2)19-50)10-9-22(3)28-11-14-32(54-28)37-39(47)24(5)36(42-43(37)53-59-52-42)31-15-12-29(55-31)30-13-16-33(56-30)45-41(49)40(48)35(58-45)18-23(4)27-20-51-27/h9-18,27,51H,7-8,20H2,1-6H3/b21-17-,22-9+,23-18-,26-10+. The maximum atomic E-state index is 16.7. The minimum atomic E-state index is -0.831. The molecule has 0 saturated carbocycles. The molecular formula is C45H36F4N4S6. The number of hydrogen-bond donors (Lipinski definition) is 1. The molecule has 0 spiro atoms. The highest BCUT2D eigenvalue weighted by atomic mass is 32.1. The Morgan fingerprint density at radius 2 is 1.37 bits per heavy atom. The number of nitriles is 1. The summed E-state index contributed by atoms with van der Waals surface area (Å²) in [4.78, 5) is 6.92. The van der Waals surface area contributed by atoms with E-state index in [-0.39, 0.29) is 27.4 Å². The summed E-state index contributed by atoms with van der Waals surface area (Å²) in [6.45, 7) is 12.1. The van der Waals surface area contributed by atoms with Crippen LogP contribution in [0.15, 0.2) is 59.7 Å². The molecule has 59 heavy (non-hydrogen) atoms. The monoisotopic (exact) mass is 900 g/mol. The SMILES string of the molecule is CCC/C(=C\C=C(/C)c1ccc(-c2c(F)c(C)c(-c3ccc(-c4ccc(-c5sc(/C=C(/C)C6CN6)c(F)c5F)s4)s3)c3nsnc23)s1)c1sc(/C=C(/C)C#N)c(F)c1C. The largest absolute Gasteiger partial charge is 0.307 e. The van der Waals surface area contributed by atoms with E-state index < -0.39 is 11.6 Å². The van der Waals surface area contributed by atoms with E-state index in [9.17, 15) is 9.65 Å². The molecule has 1 atom stereocenters. The van der Waals surface area contributed by atoms with Crippen LogP contribution in [-0.2, 0) is 0 Å². The van der Waals surface area contributed by atoms with Crippen molar-refractivity contribution in [3.63, 3.8) is 0 Å². The molecule has 0 amide bonds. The maximum absolute atomic E-state index is 16.7. The summed E-state index contributed by atoms with van der Waals surface area (Å²) >= 11 is 7.90. The Labute approximate surface area is 364 Å². The van der Waals surface area contributed by atoms with Gasteiger partial charge >= 0.3 is 0 Å². The van der Waals surface area contributed by atoms with Gasteiger partial charge in [0, 0.05) is 63.4 Å². The smallest absolute Gasteiger partial charge is 0.178 e. The van der Waals surface area contributed by atoms with E-state index in [4.69, 9.17) is 0 Å². The molecule has 7 aromatic rings. The summed E-state index contributed by atoms with van der Waals surface area (Å²) < 4.78 is 71.2. The van der Waals surface area contributed by atoms with Crippen molar-refractivity contribution in [1.29, 1.82) is 5.26 Å². The van der Waals surface area contributed by atoms with Crippen molar-refractivity contribution in [2.45, 2.75) is 60.4 Å². The van der Waals surface area contributed by atoms with Crippen molar-refractivity contribution >= 4 is 103 Å². The van der Waals surface area contributed by atoms with Gasteiger partial charge in [0.15, 0.2) is 11.6 Å². The van der Waals surface area contributed by atoms with Crippen molar-refractivity contribution in [2.24, 2.45) is 0 Å². The Kier molecular flexibility index (Phi) is 11.9. The predicted molar refractivity (Wildman–Crippen MR) is 246 cm³/mol. The number of halogens is 4. The third-order valence-corrected chi connectivity index (χ3v) is 16.9. The van der Waals surface area contributed by atoms with Crippen LogP contribution in [0, 0.1) is 48.4 Å². The maximum Gasteiger partial charge on any atom is 0.178 e. The van der Waals surface area contributed by atoms with E-state index in [1.807, 2.05) is 62.4 Å². The van der Waals surface area contributed by atoms with Crippen LogP contribution in [0.25, 0.3) is 74.7 Å². The van der Waals surface area contributed by atoms with Crippen LogP contribution in [0.2, 0.25) is 0 Å². The first-order valence-corrected chi connectivity index (χ1v) is 23.6. The van der Waals surface area contributed by atoms with Crippen molar-refractivity contribution in [3.8, 4) is 46.5 Å². The molecule has 0 radical (unpaired) electrons. The van der Waals surface area contributed by atoms with Crippen LogP contribution in [0.1, 0.15) is 71.2 Å². The van der Waals surface area contributed by atoms with Crippen LogP contribution in [0.5, 0.6) is 0 Å². The van der Waals surface area contributed by atoms with Gasteiger partial charge < -0.3 is 5.32 Å². The molecule has 1 N–H and O–H groups in total. The Morgan fingerprint density at radius 1 is 0.746 bits per heavy atom. The van der Waals surface area contributed by atoms with Crippen LogP contribution in [-0.4, -0.2) is 21.3 Å². The zero-order valence-electron chi connectivity index (χ0n) is 32.8. The molecule has 6 aromatic heterocycles. The second-order valence-electron chi connectivity index (χ2n) is 14.4. The first-order valence-electron chi connectivity index (χ1n) is 18.8. The van der Waals surface area contributed by atoms with Crippen LogP contribution >= 0.6 is 68.4 Å². The summed E-state index contributed by atoms with van der Waals surface area (Å²) in [5.41, 5.74) is 6.73. The molecule has 1 aromatic carbocycles. The number of nitrogens with zero attached hydrogens (tertiary/aromatic N) is 3. The fraction of sp³-hybridized carbons (Fsp3) is 0.222. The van der Waals surface area contributed by atoms with E-state index in [0.717, 1.165) is 88.4 Å². The van der Waals surface area contributed by atoms with Crippen molar-refractivity contribution < 1.29 is 17.6 Å². The zero-order valence-corrected chi connectivity index (χ0v) is 37.7. The van der Waals surface area contributed by atoms with Crippen LogP contribution in [0.4, 0.5) is 17.6 Å². The fourth-order valence-corrected chi connectivity index (χ4v) is 13.1. The molecule has 7 heterocycles. The van der Waals surface area contributed by atoms with Gasteiger partial charge in [0.05, 0.1) is 38.0 Å². The number of thiophene rings is 5. The lowest BCUT2D eigenvalue weighted by Gasteiger charge is -2.10. The molecule has 1 aliphatic heterocycles. The second kappa shape index (κ2) is 17.0. The molecule has 1 aliphatic rings. The molecule has 4 nitrogen and oxygen atoms in total. The van der Waals surface area contributed by atoms with Crippen molar-refractivity contribution in [3.05, 3.63) is 114 Å². The number of fused-ring (bicyclic) bond motifs is 1. The first-order chi connectivity index (χ1) is 28.4. The lowest BCUT2D eigenvalue weighted by molar-refractivity contribution is 0.517. The predicted octanol–water partition coefficient (Wildman–Crippen LogP) is 15.4. The van der Waals surface area contributed by atoms with Gasteiger partial charge in [0.1, 0.15) is 22.7 Å². The van der Waals surface area contributed by atoms with Gasteiger partial charge in [-0.15, -0.1) is 56.7 Å². The van der Waals surface area contributed by atoms with E-state index >= 15 is 13.2 Å². The Bertz CT molecular complexity index is 2930. The summed E-state index contributed by atoms with van der Waals surface area (Å²) in [7, 11) is 0. The minimum Gasteiger partial charge on any atom is -0.307 e. The average molecular weight is 901 g/mol. The Morgan fingerprint density at radius 3 is 2.07 bits per heavy atom. The van der Waals surface area contributed by atoms with E-state index in [1.54, 1.807) is 32.9 Å². The third kappa shape index (κ3) is 8.02. The van der Waals surface area contributed by atoms with Gasteiger partial charge in [-0.2, -0.15) is 14.0 Å². The number of aromatic nitrogens is 2. The van der Waals surface area contributed by atoms with Gasteiger partial charge in [0.25, 0.3) is 0 Å². The van der Waals surface area contributed by atoms with Gasteiger partial charge in [-0.05, 0) is 106 Å². The number of allylic oxidation sites excluding steroid dienone is 5. The minimum absolute atomic E-state index is 0.226.